The summed E-state index contributed by atoms with van der Waals surface area (Å²) in [7, 11) is 0. The molecule has 0 heterocycles. The van der Waals surface area contributed by atoms with E-state index in [-0.39, 0.29) is 0 Å². The molecule has 0 unspecified atom stereocenters. The van der Waals surface area contributed by atoms with E-state index in [4.69, 9.17) is 0 Å². The monoisotopic (exact) mass is 1010 g/mol. The van der Waals surface area contributed by atoms with Gasteiger partial charge in [-0.2, -0.15) is 0 Å². The van der Waals surface area contributed by atoms with Crippen LogP contribution in [0.4, 0.5) is 0 Å². The van der Waals surface area contributed by atoms with Crippen LogP contribution in [0.25, 0.3) is 164 Å². The maximum atomic E-state index is 2.36. The molecule has 0 bridgehead atoms. The molecule has 0 fully saturated rings. The SMILES string of the molecule is c1cc(-c2ccc3cc(-c4ccc5c(-c6ccc7cc8cc(-c9cccc(-c%10ccc%11ccccc%11c%10)c9)ccc8cc7c6)cccc5c4)ccc3c2)cc(-c2ccc3cc4cc(-c5ccc6ccccc6c5)ccc4cc3c2)c1. The zero-order valence-electron chi connectivity index (χ0n) is 43.9. The Labute approximate surface area is 464 Å². The van der Waals surface area contributed by atoms with Crippen molar-refractivity contribution in [3.8, 4) is 77.9 Å². The minimum atomic E-state index is 1.21. The van der Waals surface area contributed by atoms with Gasteiger partial charge in [0.2, 0.25) is 0 Å². The molecule has 0 atom stereocenters. The van der Waals surface area contributed by atoms with Crippen LogP contribution in [0.3, 0.4) is 0 Å². The largest absolute Gasteiger partial charge is 0.0616 e. The fraction of sp³-hybridized carbons (Fsp3) is 0. The van der Waals surface area contributed by atoms with Crippen LogP contribution in [0.15, 0.2) is 303 Å². The minimum absolute atomic E-state index is 1.21. The molecule has 0 heteroatoms. The molecule has 16 aromatic carbocycles. The predicted molar refractivity (Wildman–Crippen MR) is 345 cm³/mol. The van der Waals surface area contributed by atoms with Gasteiger partial charge in [0.25, 0.3) is 0 Å². The predicted octanol–water partition coefficient (Wildman–Crippen LogP) is 22.6. The van der Waals surface area contributed by atoms with Gasteiger partial charge >= 0.3 is 0 Å². The molecule has 0 saturated heterocycles. The maximum absolute atomic E-state index is 2.36. The molecule has 0 aliphatic carbocycles. The Balaban J connectivity index is 0.640. The van der Waals surface area contributed by atoms with Gasteiger partial charge in [-0.05, 0) is 255 Å². The quantitative estimate of drug-likeness (QED) is 0.140. The van der Waals surface area contributed by atoms with E-state index in [0.717, 1.165) is 0 Å². The summed E-state index contributed by atoms with van der Waals surface area (Å²) in [5.74, 6) is 0. The normalized spacial score (nSPS) is 11.8. The lowest BCUT2D eigenvalue weighted by atomic mass is 9.92. The van der Waals surface area contributed by atoms with Crippen LogP contribution >= 0.6 is 0 Å². The van der Waals surface area contributed by atoms with Crippen LogP contribution < -0.4 is 0 Å². The van der Waals surface area contributed by atoms with Crippen molar-refractivity contribution in [1.29, 1.82) is 0 Å². The van der Waals surface area contributed by atoms with Crippen LogP contribution in [0.5, 0.6) is 0 Å². The standard InChI is InChI=1S/C80H50/c1-3-10-53-36-59(20-18-51(53)8-1)55-12-5-14-57(38-55)66-27-30-71-49-78-50-74(33-32-72(78)48-76(71)44-66)79-17-7-16-73-42-68(34-35-80(73)79)64-25-24-62-40-60(22-23-63(62)41-64)56-13-6-15-58(39-56)65-26-29-69-47-77-45-67(28-31-70(77)46-75(69)43-65)61-21-19-52-9-2-4-11-54(52)37-61/h1-50H. The van der Waals surface area contributed by atoms with Crippen LogP contribution in [0.1, 0.15) is 0 Å². The van der Waals surface area contributed by atoms with Crippen LogP contribution in [0.2, 0.25) is 0 Å². The Kier molecular flexibility index (Phi) is 10.7. The fourth-order valence-corrected chi connectivity index (χ4v) is 12.5. The van der Waals surface area contributed by atoms with Gasteiger partial charge < -0.3 is 0 Å². The average Bonchev–Trinajstić information content (AvgIpc) is 3.54. The highest BCUT2D eigenvalue weighted by Crippen LogP contribution is 2.39. The van der Waals surface area contributed by atoms with Crippen molar-refractivity contribution in [1.82, 2.24) is 0 Å². The van der Waals surface area contributed by atoms with Gasteiger partial charge in [0.15, 0.2) is 0 Å². The summed E-state index contributed by atoms with van der Waals surface area (Å²) in [4.78, 5) is 0. The second kappa shape index (κ2) is 18.7. The number of rotatable bonds is 7. The van der Waals surface area contributed by atoms with Crippen molar-refractivity contribution in [3.63, 3.8) is 0 Å². The lowest BCUT2D eigenvalue weighted by Gasteiger charge is -2.12. The first-order chi connectivity index (χ1) is 39.5. The maximum Gasteiger partial charge on any atom is -0.0105 e. The summed E-state index contributed by atoms with van der Waals surface area (Å²) in [6, 6.07) is 113. The Hall–Kier alpha value is -10.4. The van der Waals surface area contributed by atoms with Crippen molar-refractivity contribution >= 4 is 86.2 Å². The van der Waals surface area contributed by atoms with Gasteiger partial charge in [0.1, 0.15) is 0 Å². The van der Waals surface area contributed by atoms with Gasteiger partial charge in [-0.3, -0.25) is 0 Å². The first kappa shape index (κ1) is 45.8. The summed E-state index contributed by atoms with van der Waals surface area (Å²) in [6.07, 6.45) is 0. The molecule has 16 rings (SSSR count). The molecular weight excluding hydrogens is 961 g/mol. The lowest BCUT2D eigenvalue weighted by Crippen LogP contribution is -1.86. The van der Waals surface area contributed by atoms with E-state index in [1.54, 1.807) is 0 Å². The first-order valence-electron chi connectivity index (χ1n) is 27.7. The first-order valence-corrected chi connectivity index (χ1v) is 27.7. The van der Waals surface area contributed by atoms with Gasteiger partial charge in [0.05, 0.1) is 0 Å². The summed E-state index contributed by atoms with van der Waals surface area (Å²) in [5, 5.41) is 20.0. The molecule has 0 aliphatic rings. The smallest absolute Gasteiger partial charge is 0.0105 e. The molecular formula is C80H50. The van der Waals surface area contributed by atoms with E-state index in [1.807, 2.05) is 0 Å². The summed E-state index contributed by atoms with van der Waals surface area (Å²) >= 11 is 0. The third kappa shape index (κ3) is 8.25. The third-order valence-electron chi connectivity index (χ3n) is 16.8. The highest BCUT2D eigenvalue weighted by Gasteiger charge is 2.12. The minimum Gasteiger partial charge on any atom is -0.0616 e. The summed E-state index contributed by atoms with van der Waals surface area (Å²) < 4.78 is 0. The van der Waals surface area contributed by atoms with Gasteiger partial charge in [0, 0.05) is 0 Å². The molecule has 0 N–H and O–H groups in total. The van der Waals surface area contributed by atoms with Gasteiger partial charge in [-0.1, -0.05) is 212 Å². The van der Waals surface area contributed by atoms with E-state index < -0.39 is 0 Å². The number of hydrogen-bond acceptors (Lipinski definition) is 0. The Morgan fingerprint density at radius 2 is 0.350 bits per heavy atom. The van der Waals surface area contributed by atoms with Crippen LogP contribution in [-0.2, 0) is 0 Å². The number of fused-ring (bicyclic) bond motifs is 8. The van der Waals surface area contributed by atoms with E-state index in [9.17, 15) is 0 Å². The molecule has 0 amide bonds. The van der Waals surface area contributed by atoms with E-state index in [2.05, 4.69) is 303 Å². The van der Waals surface area contributed by atoms with E-state index in [0.29, 0.717) is 0 Å². The molecule has 370 valence electrons. The van der Waals surface area contributed by atoms with Crippen molar-refractivity contribution in [2.24, 2.45) is 0 Å². The van der Waals surface area contributed by atoms with Crippen molar-refractivity contribution in [2.75, 3.05) is 0 Å². The highest BCUT2D eigenvalue weighted by atomic mass is 14.2. The molecule has 0 nitrogen and oxygen atoms in total. The van der Waals surface area contributed by atoms with E-state index in [1.165, 1.54) is 164 Å². The second-order valence-corrected chi connectivity index (χ2v) is 21.8. The van der Waals surface area contributed by atoms with E-state index >= 15 is 0 Å². The molecule has 0 saturated carbocycles. The van der Waals surface area contributed by atoms with Crippen molar-refractivity contribution < 1.29 is 0 Å². The Bertz CT molecular complexity index is 5190. The molecule has 16 aromatic rings. The Morgan fingerprint density at radius 3 is 0.738 bits per heavy atom. The summed E-state index contributed by atoms with van der Waals surface area (Å²) in [6.45, 7) is 0. The number of hydrogen-bond donors (Lipinski definition) is 0. The topological polar surface area (TPSA) is 0 Å². The summed E-state index contributed by atoms with van der Waals surface area (Å²) in [5.41, 5.74) is 17.1. The second-order valence-electron chi connectivity index (χ2n) is 21.8. The highest BCUT2D eigenvalue weighted by molar-refractivity contribution is 6.06. The molecule has 0 aliphatic heterocycles. The van der Waals surface area contributed by atoms with Gasteiger partial charge in [-0.15, -0.1) is 0 Å². The molecule has 80 heavy (non-hydrogen) atoms. The van der Waals surface area contributed by atoms with Crippen LogP contribution in [0, 0.1) is 0 Å². The molecule has 0 spiro atoms. The van der Waals surface area contributed by atoms with Crippen molar-refractivity contribution in [2.45, 2.75) is 0 Å². The average molecular weight is 1010 g/mol. The zero-order valence-corrected chi connectivity index (χ0v) is 43.9. The third-order valence-corrected chi connectivity index (χ3v) is 16.8. The Morgan fingerprint density at radius 1 is 0.113 bits per heavy atom. The van der Waals surface area contributed by atoms with Crippen LogP contribution in [-0.4, -0.2) is 0 Å². The molecule has 0 aromatic heterocycles. The van der Waals surface area contributed by atoms with Crippen molar-refractivity contribution in [3.05, 3.63) is 303 Å². The fourth-order valence-electron chi connectivity index (χ4n) is 12.5. The molecule has 0 radical (unpaired) electrons. The number of benzene rings is 16. The van der Waals surface area contributed by atoms with Gasteiger partial charge in [-0.25, -0.2) is 0 Å². The lowest BCUT2D eigenvalue weighted by molar-refractivity contribution is 1.61. The zero-order chi connectivity index (χ0) is 52.7.